The first-order valence-electron chi connectivity index (χ1n) is 13.6. The molecule has 2 N–H and O–H groups in total. The molecule has 0 heterocycles. The first kappa shape index (κ1) is 27.9. The summed E-state index contributed by atoms with van der Waals surface area (Å²) >= 11 is 0. The number of nitrogens with one attached hydrogen (secondary N) is 2. The molecule has 1 aliphatic rings. The first-order valence-corrected chi connectivity index (χ1v) is 13.6. The SMILES string of the molecule is O=C(NC[C@@H](Cc1ccccc1)C(=O)N[C@@H](Cc1ccccc1)C(=O)OC1CCCC1)OCc1ccccc1. The van der Waals surface area contributed by atoms with E-state index in [1.165, 1.54) is 0 Å². The van der Waals surface area contributed by atoms with Gasteiger partial charge in [-0.3, -0.25) is 4.79 Å². The molecule has 1 saturated carbocycles. The summed E-state index contributed by atoms with van der Waals surface area (Å²) in [5, 5.41) is 5.66. The van der Waals surface area contributed by atoms with Crippen LogP contribution in [0.1, 0.15) is 42.4 Å². The lowest BCUT2D eigenvalue weighted by atomic mass is 9.97. The zero-order valence-corrected chi connectivity index (χ0v) is 22.1. The van der Waals surface area contributed by atoms with E-state index in [2.05, 4.69) is 10.6 Å². The fourth-order valence-electron chi connectivity index (χ4n) is 4.72. The van der Waals surface area contributed by atoms with Crippen molar-refractivity contribution in [1.29, 1.82) is 0 Å². The van der Waals surface area contributed by atoms with Crippen LogP contribution in [-0.4, -0.2) is 36.7 Å². The van der Waals surface area contributed by atoms with Crippen LogP contribution >= 0.6 is 0 Å². The van der Waals surface area contributed by atoms with Gasteiger partial charge in [0.25, 0.3) is 0 Å². The molecule has 3 aromatic carbocycles. The fraction of sp³-hybridized carbons (Fsp3) is 0.344. The largest absolute Gasteiger partial charge is 0.461 e. The lowest BCUT2D eigenvalue weighted by Crippen LogP contribution is -2.49. The van der Waals surface area contributed by atoms with Crippen LogP contribution in [0.15, 0.2) is 91.0 Å². The quantitative estimate of drug-likeness (QED) is 0.323. The molecule has 1 aliphatic carbocycles. The number of benzene rings is 3. The van der Waals surface area contributed by atoms with E-state index >= 15 is 0 Å². The van der Waals surface area contributed by atoms with E-state index < -0.39 is 24.0 Å². The second-order valence-electron chi connectivity index (χ2n) is 9.92. The van der Waals surface area contributed by atoms with E-state index in [0.717, 1.165) is 42.4 Å². The Bertz CT molecular complexity index is 1180. The second-order valence-corrected chi connectivity index (χ2v) is 9.92. The lowest BCUT2D eigenvalue weighted by molar-refractivity contribution is -0.153. The molecule has 0 aromatic heterocycles. The van der Waals surface area contributed by atoms with E-state index in [9.17, 15) is 14.4 Å². The Morgan fingerprint density at radius 3 is 1.87 bits per heavy atom. The van der Waals surface area contributed by atoms with Crippen LogP contribution in [0.5, 0.6) is 0 Å². The van der Waals surface area contributed by atoms with Gasteiger partial charge in [-0.2, -0.15) is 0 Å². The third-order valence-electron chi connectivity index (χ3n) is 6.87. The van der Waals surface area contributed by atoms with Crippen LogP contribution < -0.4 is 10.6 Å². The molecular formula is C32H36N2O5. The predicted octanol–water partition coefficient (Wildman–Crippen LogP) is 4.99. The van der Waals surface area contributed by atoms with Crippen molar-refractivity contribution in [3.05, 3.63) is 108 Å². The van der Waals surface area contributed by atoms with Crippen molar-refractivity contribution in [2.45, 2.75) is 57.3 Å². The van der Waals surface area contributed by atoms with Crippen LogP contribution in [0.3, 0.4) is 0 Å². The molecule has 204 valence electrons. The van der Waals surface area contributed by atoms with Crippen molar-refractivity contribution in [3.63, 3.8) is 0 Å². The van der Waals surface area contributed by atoms with Crippen molar-refractivity contribution in [2.24, 2.45) is 5.92 Å². The molecule has 1 fully saturated rings. The highest BCUT2D eigenvalue weighted by Crippen LogP contribution is 2.22. The van der Waals surface area contributed by atoms with Gasteiger partial charge in [0.1, 0.15) is 18.8 Å². The third kappa shape index (κ3) is 9.28. The number of esters is 1. The molecule has 7 nitrogen and oxygen atoms in total. The van der Waals surface area contributed by atoms with Crippen molar-refractivity contribution in [1.82, 2.24) is 10.6 Å². The van der Waals surface area contributed by atoms with Crippen molar-refractivity contribution >= 4 is 18.0 Å². The maximum atomic E-state index is 13.6. The van der Waals surface area contributed by atoms with Gasteiger partial charge in [-0.15, -0.1) is 0 Å². The van der Waals surface area contributed by atoms with Gasteiger partial charge in [0.2, 0.25) is 5.91 Å². The van der Waals surface area contributed by atoms with E-state index in [0.29, 0.717) is 12.8 Å². The third-order valence-corrected chi connectivity index (χ3v) is 6.87. The summed E-state index contributed by atoms with van der Waals surface area (Å²) in [6.45, 7) is 0.193. The highest BCUT2D eigenvalue weighted by atomic mass is 16.6. The van der Waals surface area contributed by atoms with Gasteiger partial charge in [0.05, 0.1) is 5.92 Å². The normalized spacial score (nSPS) is 14.7. The monoisotopic (exact) mass is 528 g/mol. The van der Waals surface area contributed by atoms with Gasteiger partial charge in [-0.25, -0.2) is 9.59 Å². The Kier molecular flexibility index (Phi) is 10.5. The smallest absolute Gasteiger partial charge is 0.407 e. The number of hydrogen-bond acceptors (Lipinski definition) is 5. The molecular weight excluding hydrogens is 492 g/mol. The molecule has 7 heteroatoms. The summed E-state index contributed by atoms with van der Waals surface area (Å²) in [6, 6.07) is 27.7. The zero-order valence-electron chi connectivity index (χ0n) is 22.1. The highest BCUT2D eigenvalue weighted by molar-refractivity contribution is 5.86. The van der Waals surface area contributed by atoms with Crippen LogP contribution in [-0.2, 0) is 38.5 Å². The molecule has 39 heavy (non-hydrogen) atoms. The van der Waals surface area contributed by atoms with E-state index in [1.807, 2.05) is 91.0 Å². The number of rotatable bonds is 12. The molecule has 0 spiro atoms. The minimum absolute atomic E-state index is 0.0596. The molecule has 0 saturated heterocycles. The fourth-order valence-corrected chi connectivity index (χ4v) is 4.72. The summed E-state index contributed by atoms with van der Waals surface area (Å²) in [5.41, 5.74) is 2.74. The minimum atomic E-state index is -0.830. The van der Waals surface area contributed by atoms with Crippen LogP contribution in [0, 0.1) is 5.92 Å². The zero-order chi connectivity index (χ0) is 27.3. The molecule has 4 rings (SSSR count). The van der Waals surface area contributed by atoms with Gasteiger partial charge in [0, 0.05) is 13.0 Å². The second kappa shape index (κ2) is 14.7. The molecule has 0 aliphatic heterocycles. The van der Waals surface area contributed by atoms with Gasteiger partial charge in [0.15, 0.2) is 0 Å². The molecule has 0 unspecified atom stereocenters. The van der Waals surface area contributed by atoms with Gasteiger partial charge >= 0.3 is 12.1 Å². The van der Waals surface area contributed by atoms with Crippen molar-refractivity contribution in [3.8, 4) is 0 Å². The number of ether oxygens (including phenoxy) is 2. The van der Waals surface area contributed by atoms with Gasteiger partial charge < -0.3 is 20.1 Å². The molecule has 0 radical (unpaired) electrons. The Balaban J connectivity index is 1.42. The van der Waals surface area contributed by atoms with E-state index in [1.54, 1.807) is 0 Å². The average molecular weight is 529 g/mol. The number of carbonyl (C=O) groups excluding carboxylic acids is 3. The minimum Gasteiger partial charge on any atom is -0.461 e. The van der Waals surface area contributed by atoms with Gasteiger partial charge in [-0.05, 0) is 48.8 Å². The van der Waals surface area contributed by atoms with Gasteiger partial charge in [-0.1, -0.05) is 91.0 Å². The standard InChI is InChI=1S/C32H36N2O5/c35-30(34-29(21-25-14-6-2-7-15-25)31(36)39-28-18-10-11-19-28)27(20-24-12-4-1-5-13-24)22-33-32(37)38-23-26-16-8-3-9-17-26/h1-9,12-17,27-29H,10-11,18-23H2,(H,33,37)(H,34,35)/t27-,29+/m1/s1. The summed E-state index contributed by atoms with van der Waals surface area (Å²) in [6.07, 6.45) is 3.79. The number of carbonyl (C=O) groups is 3. The van der Waals surface area contributed by atoms with E-state index in [-0.39, 0.29) is 25.2 Å². The predicted molar refractivity (Wildman–Crippen MR) is 149 cm³/mol. The Morgan fingerprint density at radius 2 is 1.28 bits per heavy atom. The van der Waals surface area contributed by atoms with Crippen LogP contribution in [0.4, 0.5) is 4.79 Å². The molecule has 2 amide bonds. The van der Waals surface area contributed by atoms with Crippen molar-refractivity contribution < 1.29 is 23.9 Å². The Morgan fingerprint density at radius 1 is 0.744 bits per heavy atom. The highest BCUT2D eigenvalue weighted by Gasteiger charge is 2.30. The Hall–Kier alpha value is -4.13. The molecule has 3 aromatic rings. The number of amides is 2. The lowest BCUT2D eigenvalue weighted by Gasteiger charge is -2.24. The van der Waals surface area contributed by atoms with Crippen molar-refractivity contribution in [2.75, 3.05) is 6.54 Å². The van der Waals surface area contributed by atoms with Crippen LogP contribution in [0.2, 0.25) is 0 Å². The number of hydrogen-bond donors (Lipinski definition) is 2. The van der Waals surface area contributed by atoms with E-state index in [4.69, 9.17) is 9.47 Å². The average Bonchev–Trinajstić information content (AvgIpc) is 3.48. The maximum Gasteiger partial charge on any atom is 0.407 e. The Labute approximate surface area is 229 Å². The molecule has 0 bridgehead atoms. The summed E-state index contributed by atoms with van der Waals surface area (Å²) < 4.78 is 11.1. The molecule has 2 atom stereocenters. The number of alkyl carbamates (subject to hydrolysis) is 1. The van der Waals surface area contributed by atoms with Crippen LogP contribution in [0.25, 0.3) is 0 Å². The summed E-state index contributed by atoms with van der Waals surface area (Å²) in [4.78, 5) is 39.2. The maximum absolute atomic E-state index is 13.6. The summed E-state index contributed by atoms with van der Waals surface area (Å²) in [5.74, 6) is -1.37. The first-order chi connectivity index (χ1) is 19.1. The summed E-state index contributed by atoms with van der Waals surface area (Å²) in [7, 11) is 0. The topological polar surface area (TPSA) is 93.7 Å².